The van der Waals surface area contributed by atoms with Gasteiger partial charge in [-0.15, -0.1) is 0 Å². The van der Waals surface area contributed by atoms with Gasteiger partial charge in [0.05, 0.1) is 23.7 Å². The van der Waals surface area contributed by atoms with Crippen LogP contribution in [-0.2, 0) is 0 Å². The molecule has 0 unspecified atom stereocenters. The zero-order valence-corrected chi connectivity index (χ0v) is 14.8. The molecule has 0 saturated heterocycles. The van der Waals surface area contributed by atoms with Crippen molar-refractivity contribution >= 4 is 33.4 Å². The van der Waals surface area contributed by atoms with Crippen LogP contribution in [0.4, 0.5) is 17.6 Å². The highest BCUT2D eigenvalue weighted by Crippen LogP contribution is 2.40. The number of methoxy groups -OCH3 is 1. The van der Waals surface area contributed by atoms with Crippen molar-refractivity contribution in [3.05, 3.63) is 64.4 Å². The first-order valence-corrected chi connectivity index (χ1v) is 8.20. The lowest BCUT2D eigenvalue weighted by Gasteiger charge is -2.13. The third kappa shape index (κ3) is 2.45. The summed E-state index contributed by atoms with van der Waals surface area (Å²) in [5.41, 5.74) is 0.664. The number of ether oxygens (including phenoxy) is 1. The van der Waals surface area contributed by atoms with Gasteiger partial charge in [0.25, 0.3) is 0 Å². The van der Waals surface area contributed by atoms with Crippen molar-refractivity contribution in [1.82, 2.24) is 9.55 Å². The topological polar surface area (TPSA) is 27.1 Å². The molecule has 2 aromatic heterocycles. The normalized spacial score (nSPS) is 11.5. The number of fused-ring (bicyclic) bond motifs is 3. The highest BCUT2D eigenvalue weighted by Gasteiger charge is 2.26. The third-order valence-corrected chi connectivity index (χ3v) is 4.69. The Balaban J connectivity index is 2.26. The molecule has 3 nitrogen and oxygen atoms in total. The summed E-state index contributed by atoms with van der Waals surface area (Å²) in [6.45, 7) is 1.56. The van der Waals surface area contributed by atoms with Gasteiger partial charge in [-0.05, 0) is 42.8 Å². The minimum absolute atomic E-state index is 0.0218. The van der Waals surface area contributed by atoms with Gasteiger partial charge in [-0.2, -0.15) is 4.39 Å². The van der Waals surface area contributed by atoms with Crippen molar-refractivity contribution in [3.63, 3.8) is 0 Å². The zero-order chi connectivity index (χ0) is 19.5. The minimum atomic E-state index is -1.21. The van der Waals surface area contributed by atoms with Crippen LogP contribution < -0.4 is 4.74 Å². The Bertz CT molecular complexity index is 1240. The van der Waals surface area contributed by atoms with Gasteiger partial charge in [0.15, 0.2) is 17.4 Å². The number of halogens is 5. The van der Waals surface area contributed by atoms with Crippen molar-refractivity contribution < 1.29 is 22.3 Å². The quantitative estimate of drug-likeness (QED) is 0.322. The molecule has 138 valence electrons. The van der Waals surface area contributed by atoms with E-state index in [0.717, 1.165) is 16.7 Å². The Morgan fingerprint density at radius 3 is 2.48 bits per heavy atom. The highest BCUT2D eigenvalue weighted by molar-refractivity contribution is 6.36. The van der Waals surface area contributed by atoms with Crippen LogP contribution in [0.3, 0.4) is 0 Å². The molecule has 0 spiro atoms. The van der Waals surface area contributed by atoms with Crippen LogP contribution in [-0.4, -0.2) is 16.7 Å². The maximum Gasteiger partial charge on any atom is 0.235 e. The molecule has 0 aliphatic rings. The van der Waals surface area contributed by atoms with E-state index in [9.17, 15) is 17.6 Å². The predicted molar refractivity (Wildman–Crippen MR) is 94.7 cm³/mol. The number of hydrogen-bond donors (Lipinski definition) is 0. The Morgan fingerprint density at radius 2 is 1.81 bits per heavy atom. The second kappa shape index (κ2) is 6.13. The molecule has 0 amide bonds. The van der Waals surface area contributed by atoms with Gasteiger partial charge in [-0.3, -0.25) is 4.57 Å². The van der Waals surface area contributed by atoms with Crippen LogP contribution in [0, 0.1) is 30.3 Å². The van der Waals surface area contributed by atoms with Crippen LogP contribution in [0.5, 0.6) is 5.75 Å². The second-order valence-electron chi connectivity index (χ2n) is 5.97. The fourth-order valence-electron chi connectivity index (χ4n) is 3.25. The second-order valence-corrected chi connectivity index (χ2v) is 6.33. The lowest BCUT2D eigenvalue weighted by molar-refractivity contribution is 0.391. The molecule has 27 heavy (non-hydrogen) atoms. The molecule has 4 aromatic rings. The van der Waals surface area contributed by atoms with Gasteiger partial charge in [0.1, 0.15) is 16.5 Å². The van der Waals surface area contributed by atoms with E-state index in [4.69, 9.17) is 16.3 Å². The van der Waals surface area contributed by atoms with E-state index in [2.05, 4.69) is 4.98 Å². The number of benzene rings is 2. The lowest BCUT2D eigenvalue weighted by atomic mass is 10.1. The number of rotatable bonds is 2. The molecule has 0 fully saturated rings. The third-order valence-electron chi connectivity index (χ3n) is 4.42. The Kier molecular flexibility index (Phi) is 3.99. The predicted octanol–water partition coefficient (Wildman–Crippen LogP) is 5.71. The van der Waals surface area contributed by atoms with Gasteiger partial charge in [0, 0.05) is 5.39 Å². The molecule has 0 bridgehead atoms. The summed E-state index contributed by atoms with van der Waals surface area (Å²) in [6.07, 6.45) is 0. The van der Waals surface area contributed by atoms with E-state index >= 15 is 0 Å². The summed E-state index contributed by atoms with van der Waals surface area (Å²) in [5, 5.41) is -0.352. The van der Waals surface area contributed by atoms with Crippen LogP contribution in [0.15, 0.2) is 30.3 Å². The largest absolute Gasteiger partial charge is 0.491 e. The Labute approximate surface area is 155 Å². The molecule has 0 atom stereocenters. The molecule has 0 N–H and O–H groups in total. The molecule has 8 heteroatoms. The van der Waals surface area contributed by atoms with E-state index in [1.807, 2.05) is 0 Å². The van der Waals surface area contributed by atoms with Gasteiger partial charge in [-0.25, -0.2) is 18.2 Å². The van der Waals surface area contributed by atoms with E-state index < -0.39 is 23.4 Å². The lowest BCUT2D eigenvalue weighted by Crippen LogP contribution is -2.02. The summed E-state index contributed by atoms with van der Waals surface area (Å²) < 4.78 is 63.1. The summed E-state index contributed by atoms with van der Waals surface area (Å²) in [6, 6.07) is 6.11. The first-order chi connectivity index (χ1) is 12.8. The van der Waals surface area contributed by atoms with Crippen molar-refractivity contribution in [2.45, 2.75) is 6.92 Å². The number of hydrogen-bond acceptors (Lipinski definition) is 2. The highest BCUT2D eigenvalue weighted by atomic mass is 35.5. The zero-order valence-electron chi connectivity index (χ0n) is 14.1. The Morgan fingerprint density at radius 1 is 1.07 bits per heavy atom. The molecule has 4 rings (SSSR count). The van der Waals surface area contributed by atoms with Gasteiger partial charge >= 0.3 is 0 Å². The molecule has 0 radical (unpaired) electrons. The van der Waals surface area contributed by atoms with Gasteiger partial charge in [0.2, 0.25) is 5.95 Å². The Hall–Kier alpha value is -2.80. The average Bonchev–Trinajstić information content (AvgIpc) is 2.88. The monoisotopic (exact) mass is 394 g/mol. The number of nitrogens with zero attached hydrogens (tertiary/aromatic N) is 2. The first kappa shape index (κ1) is 17.6. The SMILES string of the molecule is COc1c(F)ccc2c1nc(Cl)c1c(F)c(F)n(-c3ccc(F)cc3C)c12. The minimum Gasteiger partial charge on any atom is -0.491 e. The average molecular weight is 395 g/mol. The number of pyridine rings is 1. The molecular formula is C19H11ClF4N2O. The van der Waals surface area contributed by atoms with Crippen molar-refractivity contribution in [3.8, 4) is 11.4 Å². The fraction of sp³-hybridized carbons (Fsp3) is 0.105. The van der Waals surface area contributed by atoms with Crippen LogP contribution in [0.1, 0.15) is 5.56 Å². The van der Waals surface area contributed by atoms with Crippen LogP contribution in [0.2, 0.25) is 5.15 Å². The first-order valence-electron chi connectivity index (χ1n) is 7.82. The molecule has 0 aliphatic carbocycles. The van der Waals surface area contributed by atoms with Crippen molar-refractivity contribution in [1.29, 1.82) is 0 Å². The van der Waals surface area contributed by atoms with Crippen molar-refractivity contribution in [2.75, 3.05) is 7.11 Å². The number of aryl methyl sites for hydroxylation is 1. The molecular weight excluding hydrogens is 384 g/mol. The maximum absolute atomic E-state index is 14.9. The van der Waals surface area contributed by atoms with Crippen molar-refractivity contribution in [2.24, 2.45) is 0 Å². The fourth-order valence-corrected chi connectivity index (χ4v) is 3.51. The molecule has 0 saturated carbocycles. The van der Waals surface area contributed by atoms with E-state index in [1.165, 1.54) is 25.3 Å². The van der Waals surface area contributed by atoms with E-state index in [-0.39, 0.29) is 38.4 Å². The summed E-state index contributed by atoms with van der Waals surface area (Å²) in [5.74, 6) is -3.80. The summed E-state index contributed by atoms with van der Waals surface area (Å²) in [7, 11) is 1.25. The summed E-state index contributed by atoms with van der Waals surface area (Å²) in [4.78, 5) is 4.00. The number of aromatic nitrogens is 2. The van der Waals surface area contributed by atoms with E-state index in [0.29, 0.717) is 5.56 Å². The van der Waals surface area contributed by atoms with Gasteiger partial charge in [-0.1, -0.05) is 11.6 Å². The van der Waals surface area contributed by atoms with Crippen LogP contribution >= 0.6 is 11.6 Å². The standard InChI is InChI=1S/C19H11ClF4N2O/c1-8-7-9(21)3-6-12(8)26-16-10-4-5-11(22)17(27-2)15(10)25-18(20)13(16)14(23)19(26)24/h3-7H,1-2H3. The maximum atomic E-state index is 14.9. The van der Waals surface area contributed by atoms with Gasteiger partial charge < -0.3 is 4.74 Å². The molecule has 2 aromatic carbocycles. The summed E-state index contributed by atoms with van der Waals surface area (Å²) >= 11 is 6.09. The smallest absolute Gasteiger partial charge is 0.235 e. The molecule has 0 aliphatic heterocycles. The van der Waals surface area contributed by atoms with Crippen LogP contribution in [0.25, 0.3) is 27.5 Å². The van der Waals surface area contributed by atoms with E-state index in [1.54, 1.807) is 6.92 Å². The molecule has 2 heterocycles.